The molecule has 0 aromatic rings. The molecule has 3 heteroatoms. The van der Waals surface area contributed by atoms with Crippen molar-refractivity contribution in [3.63, 3.8) is 0 Å². The van der Waals surface area contributed by atoms with E-state index in [0.717, 1.165) is 12.3 Å². The van der Waals surface area contributed by atoms with Gasteiger partial charge in [-0.3, -0.25) is 0 Å². The number of hydrogen-bond donors (Lipinski definition) is 0. The third kappa shape index (κ3) is 0.507. The predicted molar refractivity (Wildman–Crippen MR) is 26.4 cm³/mol. The summed E-state index contributed by atoms with van der Waals surface area (Å²) in [7, 11) is -0.215. The summed E-state index contributed by atoms with van der Waals surface area (Å²) >= 11 is 0. The van der Waals surface area contributed by atoms with Crippen LogP contribution in [0.25, 0.3) is 4.75 Å². The molecular weight excluding hydrogens is 95.0 g/mol. The number of diazo groups is 1. The second kappa shape index (κ2) is 1.53. The van der Waals surface area contributed by atoms with Crippen molar-refractivity contribution in [3.8, 4) is 0 Å². The van der Waals surface area contributed by atoms with Gasteiger partial charge in [-0.25, -0.2) is 0 Å². The average molecular weight is 101 g/mol. The van der Waals surface area contributed by atoms with Crippen molar-refractivity contribution in [1.82, 2.24) is 0 Å². The Hall–Kier alpha value is -0.150. The van der Waals surface area contributed by atoms with Gasteiger partial charge in [0.05, 0.1) is 12.3 Å². The maximum Gasteiger partial charge on any atom is 0.377 e. The quantitative estimate of drug-likeness (QED) is 0.336. The Labute approximate surface area is 38.0 Å². The summed E-state index contributed by atoms with van der Waals surface area (Å²) in [5, 5.41) is 8.04. The van der Waals surface area contributed by atoms with Gasteiger partial charge in [-0.2, -0.15) is 0 Å². The molecule has 1 saturated heterocycles. The van der Waals surface area contributed by atoms with E-state index in [0.29, 0.717) is 0 Å². The molecule has 1 rings (SSSR count). The van der Waals surface area contributed by atoms with E-state index in [-0.39, 0.29) is 8.07 Å². The molecule has 0 N–H and O–H groups in total. The Morgan fingerprint density at radius 2 is 2.17 bits per heavy atom. The van der Waals surface area contributed by atoms with Crippen LogP contribution in [0.4, 0.5) is 0 Å². The summed E-state index contributed by atoms with van der Waals surface area (Å²) in [6, 6.07) is 0. The molecule has 0 saturated carbocycles. The normalized spacial score (nSPS) is 21.8. The van der Waals surface area contributed by atoms with E-state index in [1.165, 1.54) is 6.42 Å². The SMILES string of the molecule is N#[N+]P1CCC1. The van der Waals surface area contributed by atoms with Crippen molar-refractivity contribution in [2.24, 2.45) is 0 Å². The Balaban J connectivity index is 2.22. The Morgan fingerprint density at radius 3 is 2.17 bits per heavy atom. The maximum absolute atomic E-state index is 8.04. The third-order valence-corrected chi connectivity index (χ3v) is 2.88. The van der Waals surface area contributed by atoms with Crippen molar-refractivity contribution in [2.75, 3.05) is 12.3 Å². The fraction of sp³-hybridized carbons (Fsp3) is 1.00. The standard InChI is InChI=1S/C3H6N2P/c4-5-6-2-1-3-6/h1-3H2/q+1. The van der Waals surface area contributed by atoms with E-state index >= 15 is 0 Å². The molecule has 0 aromatic carbocycles. The molecule has 2 nitrogen and oxygen atoms in total. The van der Waals surface area contributed by atoms with Gasteiger partial charge in [0.25, 0.3) is 0 Å². The minimum absolute atomic E-state index is 0.215. The zero-order valence-corrected chi connectivity index (χ0v) is 4.36. The van der Waals surface area contributed by atoms with Crippen molar-refractivity contribution in [3.05, 3.63) is 4.75 Å². The first-order chi connectivity index (χ1) is 2.93. The second-order valence-corrected chi connectivity index (χ2v) is 3.48. The minimum Gasteiger partial charge on any atom is -0.0311 e. The highest BCUT2D eigenvalue weighted by Gasteiger charge is 2.31. The van der Waals surface area contributed by atoms with Gasteiger partial charge in [0.1, 0.15) is 4.75 Å². The van der Waals surface area contributed by atoms with Gasteiger partial charge < -0.3 is 0 Å². The summed E-state index contributed by atoms with van der Waals surface area (Å²) in [4.78, 5) is 0. The summed E-state index contributed by atoms with van der Waals surface area (Å²) in [5.41, 5.74) is 0. The Kier molecular flexibility index (Phi) is 1.03. The van der Waals surface area contributed by atoms with Crippen LogP contribution < -0.4 is 0 Å². The summed E-state index contributed by atoms with van der Waals surface area (Å²) in [6.07, 6.45) is 3.59. The van der Waals surface area contributed by atoms with Crippen molar-refractivity contribution >= 4 is 8.07 Å². The van der Waals surface area contributed by atoms with Crippen LogP contribution in [0.3, 0.4) is 0 Å². The highest BCUT2D eigenvalue weighted by molar-refractivity contribution is 7.61. The predicted octanol–water partition coefficient (Wildman–Crippen LogP) is 1.64. The van der Waals surface area contributed by atoms with E-state index in [1.807, 2.05) is 0 Å². The number of rotatable bonds is 0. The molecule has 0 aromatic heterocycles. The molecule has 0 aliphatic carbocycles. The van der Waals surface area contributed by atoms with Gasteiger partial charge in [0, 0.05) is 0 Å². The van der Waals surface area contributed by atoms with Gasteiger partial charge in [0.15, 0.2) is 0 Å². The molecule has 0 bridgehead atoms. The lowest BCUT2D eigenvalue weighted by Crippen LogP contribution is -1.98. The molecule has 0 spiro atoms. The molecular formula is C3H6N2P+. The molecule has 1 aliphatic heterocycles. The van der Waals surface area contributed by atoms with Crippen molar-refractivity contribution < 1.29 is 0 Å². The van der Waals surface area contributed by atoms with Crippen LogP contribution in [-0.2, 0) is 0 Å². The summed E-state index contributed by atoms with van der Waals surface area (Å²) < 4.78 is 3.16. The van der Waals surface area contributed by atoms with E-state index < -0.39 is 0 Å². The molecule has 32 valence electrons. The number of hydrogen-bond acceptors (Lipinski definition) is 1. The molecule has 1 heterocycles. The maximum atomic E-state index is 8.04. The lowest BCUT2D eigenvalue weighted by molar-refractivity contribution is 1.03. The smallest absolute Gasteiger partial charge is 0.0311 e. The van der Waals surface area contributed by atoms with E-state index in [2.05, 4.69) is 4.75 Å². The van der Waals surface area contributed by atoms with E-state index in [9.17, 15) is 0 Å². The summed E-state index contributed by atoms with van der Waals surface area (Å²) in [5.74, 6) is 0. The largest absolute Gasteiger partial charge is 0.377 e. The molecule has 0 atom stereocenters. The van der Waals surface area contributed by atoms with Gasteiger partial charge in [-0.1, -0.05) is 0 Å². The highest BCUT2D eigenvalue weighted by Crippen LogP contribution is 2.46. The lowest BCUT2D eigenvalue weighted by atomic mass is 10.5. The second-order valence-electron chi connectivity index (χ2n) is 1.40. The van der Waals surface area contributed by atoms with E-state index in [4.69, 9.17) is 5.39 Å². The van der Waals surface area contributed by atoms with Gasteiger partial charge in [-0.15, -0.1) is 0 Å². The Morgan fingerprint density at radius 1 is 1.50 bits per heavy atom. The monoisotopic (exact) mass is 101 g/mol. The molecule has 0 radical (unpaired) electrons. The Bertz CT molecular complexity index is 81.3. The van der Waals surface area contributed by atoms with Crippen molar-refractivity contribution in [1.29, 1.82) is 5.39 Å². The van der Waals surface area contributed by atoms with Crippen LogP contribution in [0.2, 0.25) is 0 Å². The van der Waals surface area contributed by atoms with Crippen LogP contribution >= 0.6 is 8.07 Å². The van der Waals surface area contributed by atoms with Crippen molar-refractivity contribution in [2.45, 2.75) is 6.42 Å². The molecule has 1 fully saturated rings. The van der Waals surface area contributed by atoms with Crippen LogP contribution in [0.15, 0.2) is 0 Å². The molecule has 1 aliphatic rings. The first-order valence-electron chi connectivity index (χ1n) is 2.03. The van der Waals surface area contributed by atoms with Crippen LogP contribution in [0, 0.1) is 5.39 Å². The zero-order chi connectivity index (χ0) is 4.41. The lowest BCUT2D eigenvalue weighted by Gasteiger charge is -2.01. The first kappa shape index (κ1) is 4.02. The van der Waals surface area contributed by atoms with Gasteiger partial charge in [0.2, 0.25) is 5.39 Å². The van der Waals surface area contributed by atoms with Crippen LogP contribution in [0.5, 0.6) is 0 Å². The molecule has 0 amide bonds. The van der Waals surface area contributed by atoms with Crippen LogP contribution in [0.1, 0.15) is 6.42 Å². The topological polar surface area (TPSA) is 28.1 Å². The fourth-order valence-corrected chi connectivity index (χ4v) is 1.17. The fourth-order valence-electron chi connectivity index (χ4n) is 0.389. The molecule has 0 unspecified atom stereocenters. The molecule has 6 heavy (non-hydrogen) atoms. The summed E-state index contributed by atoms with van der Waals surface area (Å²) in [6.45, 7) is 0. The number of nitrogens with zero attached hydrogens (tertiary/aromatic N) is 2. The highest BCUT2D eigenvalue weighted by atomic mass is 31.1. The van der Waals surface area contributed by atoms with E-state index in [1.54, 1.807) is 0 Å². The average Bonchev–Trinajstić information content (AvgIpc) is 1.31. The first-order valence-corrected chi connectivity index (χ1v) is 3.70. The van der Waals surface area contributed by atoms with Crippen LogP contribution in [-0.4, -0.2) is 12.3 Å². The third-order valence-electron chi connectivity index (χ3n) is 0.959. The van der Waals surface area contributed by atoms with Gasteiger partial charge in [-0.05, 0) is 6.42 Å². The van der Waals surface area contributed by atoms with Gasteiger partial charge >= 0.3 is 8.07 Å². The zero-order valence-electron chi connectivity index (χ0n) is 3.46. The minimum atomic E-state index is -0.215.